The molecule has 0 amide bonds. The number of halogens is 2. The topological polar surface area (TPSA) is 57.5 Å². The number of nitrogens with zero attached hydrogens (tertiary/aromatic N) is 4. The molecule has 0 bridgehead atoms. The van der Waals surface area contributed by atoms with Gasteiger partial charge in [-0.15, -0.1) is 0 Å². The minimum absolute atomic E-state index is 0.218. The van der Waals surface area contributed by atoms with E-state index >= 15 is 0 Å². The Balaban J connectivity index is 1.67. The van der Waals surface area contributed by atoms with Crippen molar-refractivity contribution in [3.63, 3.8) is 0 Å². The minimum atomic E-state index is -0.992. The van der Waals surface area contributed by atoms with Crippen LogP contribution in [0.25, 0.3) is 0 Å². The summed E-state index contributed by atoms with van der Waals surface area (Å²) >= 11 is 11.1. The zero-order valence-corrected chi connectivity index (χ0v) is 21.1. The van der Waals surface area contributed by atoms with Crippen molar-refractivity contribution in [2.75, 3.05) is 17.1 Å². The van der Waals surface area contributed by atoms with Gasteiger partial charge in [-0.2, -0.15) is 10.2 Å². The molecule has 3 aromatic rings. The molecule has 6 nitrogen and oxygen atoms in total. The number of esters is 1. The minimum Gasteiger partial charge on any atom is -0.464 e. The highest BCUT2D eigenvalue weighted by Crippen LogP contribution is 2.48. The van der Waals surface area contributed by atoms with Crippen molar-refractivity contribution in [2.24, 2.45) is 10.2 Å². The summed E-state index contributed by atoms with van der Waals surface area (Å²) in [6, 6.07) is 25.1. The van der Waals surface area contributed by atoms with E-state index in [0.717, 1.165) is 21.4 Å². The van der Waals surface area contributed by atoms with E-state index in [2.05, 4.69) is 21.0 Å². The van der Waals surface area contributed by atoms with Gasteiger partial charge in [0.25, 0.3) is 0 Å². The van der Waals surface area contributed by atoms with Gasteiger partial charge in [0.1, 0.15) is 0 Å². The number of hydrogen-bond acceptors (Lipinski definition) is 7. The van der Waals surface area contributed by atoms with Gasteiger partial charge >= 0.3 is 5.97 Å². The Kier molecular flexibility index (Phi) is 6.20. The van der Waals surface area contributed by atoms with Gasteiger partial charge < -0.3 is 4.74 Å². The number of carbonyl (C=O) groups excluding carboxylic acids is 1. The van der Waals surface area contributed by atoms with E-state index in [9.17, 15) is 4.79 Å². The zero-order valence-electron chi connectivity index (χ0n) is 17.9. The van der Waals surface area contributed by atoms with Crippen molar-refractivity contribution in [1.82, 2.24) is 0 Å². The number of rotatable bonds is 4. The Hall–Kier alpha value is -3.07. The third-order valence-corrected chi connectivity index (χ3v) is 7.25. The molecule has 0 saturated heterocycles. The number of para-hydroxylation sites is 1. The maximum absolute atomic E-state index is 12.5. The van der Waals surface area contributed by atoms with Gasteiger partial charge in [-0.3, -0.25) is 0 Å². The molecule has 3 aromatic carbocycles. The van der Waals surface area contributed by atoms with Crippen LogP contribution in [0.1, 0.15) is 5.56 Å². The Morgan fingerprint density at radius 3 is 2.38 bits per heavy atom. The molecule has 1 spiro atoms. The van der Waals surface area contributed by atoms with Crippen LogP contribution in [0.3, 0.4) is 0 Å². The number of ether oxygens (including phenoxy) is 1. The fourth-order valence-electron chi connectivity index (χ4n) is 3.68. The first kappa shape index (κ1) is 22.7. The maximum Gasteiger partial charge on any atom is 0.365 e. The Morgan fingerprint density at radius 1 is 0.971 bits per heavy atom. The van der Waals surface area contributed by atoms with Gasteiger partial charge in [0.15, 0.2) is 0 Å². The summed E-state index contributed by atoms with van der Waals surface area (Å²) in [6.07, 6.45) is 3.94. The predicted molar refractivity (Wildman–Crippen MR) is 142 cm³/mol. The van der Waals surface area contributed by atoms with Crippen LogP contribution in [-0.4, -0.2) is 28.8 Å². The quantitative estimate of drug-likeness (QED) is 0.356. The van der Waals surface area contributed by atoms with Crippen LogP contribution in [0.4, 0.5) is 11.4 Å². The first-order valence-electron chi connectivity index (χ1n) is 10.3. The first-order chi connectivity index (χ1) is 16.5. The lowest BCUT2D eigenvalue weighted by atomic mass is 10.1. The summed E-state index contributed by atoms with van der Waals surface area (Å²) < 4.78 is 5.98. The fourth-order valence-corrected chi connectivity index (χ4v) is 5.31. The van der Waals surface area contributed by atoms with Crippen molar-refractivity contribution in [3.8, 4) is 0 Å². The third kappa shape index (κ3) is 4.13. The van der Waals surface area contributed by atoms with Gasteiger partial charge in [-0.1, -0.05) is 63.9 Å². The number of thioether (sulfide) groups is 1. The van der Waals surface area contributed by atoms with Crippen LogP contribution in [0.2, 0.25) is 5.02 Å². The first-order valence-corrected chi connectivity index (χ1v) is 12.3. The number of carbonyl (C=O) groups is 1. The van der Waals surface area contributed by atoms with Crippen molar-refractivity contribution < 1.29 is 9.53 Å². The van der Waals surface area contributed by atoms with Crippen LogP contribution in [0.5, 0.6) is 0 Å². The fraction of sp³-hybridized carbons (Fsp3) is 0.0800. The number of allylic oxidation sites excluding steroid dienone is 1. The van der Waals surface area contributed by atoms with Crippen LogP contribution in [0.15, 0.2) is 106 Å². The van der Waals surface area contributed by atoms with E-state index in [1.54, 1.807) is 17.1 Å². The second-order valence-electron chi connectivity index (χ2n) is 7.42. The lowest BCUT2D eigenvalue weighted by molar-refractivity contribution is -0.132. The van der Waals surface area contributed by atoms with Gasteiger partial charge in [0.05, 0.1) is 24.2 Å². The average molecular weight is 554 g/mol. The largest absolute Gasteiger partial charge is 0.464 e. The number of anilines is 2. The lowest BCUT2D eigenvalue weighted by Crippen LogP contribution is -2.53. The predicted octanol–water partition coefficient (Wildman–Crippen LogP) is 6.28. The van der Waals surface area contributed by atoms with Crippen molar-refractivity contribution >= 4 is 67.4 Å². The van der Waals surface area contributed by atoms with E-state index in [1.807, 2.05) is 83.9 Å². The van der Waals surface area contributed by atoms with Crippen molar-refractivity contribution in [2.45, 2.75) is 4.99 Å². The summed E-state index contributed by atoms with van der Waals surface area (Å²) in [5.74, 6) is -0.516. The summed E-state index contributed by atoms with van der Waals surface area (Å²) in [6.45, 7) is 0. The SMILES string of the molecule is COC(=O)C1=NN(c2cccc(Cl)c2)[C@@]2(C=CC(c3ccc(Br)cc3)=NN2c2ccccc2)S1. The Bertz CT molecular complexity index is 1330. The van der Waals surface area contributed by atoms with E-state index in [1.165, 1.54) is 18.9 Å². The smallest absolute Gasteiger partial charge is 0.365 e. The number of benzene rings is 3. The summed E-state index contributed by atoms with van der Waals surface area (Å²) in [7, 11) is 1.34. The Morgan fingerprint density at radius 2 is 1.68 bits per heavy atom. The normalized spacial score (nSPS) is 19.3. The van der Waals surface area contributed by atoms with Crippen molar-refractivity contribution in [1.29, 1.82) is 0 Å². The average Bonchev–Trinajstić information content (AvgIpc) is 3.24. The Labute approximate surface area is 214 Å². The standard InChI is InChI=1S/C25H18BrClN4O2S/c1-33-24(32)23-29-31(21-9-5-6-19(27)16-21)25(34-23)15-14-22(17-10-12-18(26)13-11-17)28-30(25)20-7-3-2-4-8-20/h2-16H,1H3/t25-/m0/s1. The molecule has 0 unspecified atom stereocenters. The van der Waals surface area contributed by atoms with Crippen molar-refractivity contribution in [3.05, 3.63) is 106 Å². The molecule has 0 N–H and O–H groups in total. The van der Waals surface area contributed by atoms with E-state index in [4.69, 9.17) is 21.4 Å². The lowest BCUT2D eigenvalue weighted by Gasteiger charge is -2.43. The molecule has 2 heterocycles. The zero-order chi connectivity index (χ0) is 23.7. The highest BCUT2D eigenvalue weighted by Gasteiger charge is 2.51. The summed E-state index contributed by atoms with van der Waals surface area (Å²) in [4.78, 5) is 11.5. The van der Waals surface area contributed by atoms with E-state index in [-0.39, 0.29) is 5.04 Å². The molecule has 0 radical (unpaired) electrons. The highest BCUT2D eigenvalue weighted by molar-refractivity contribution is 9.10. The molecule has 2 aliphatic heterocycles. The molecule has 0 saturated carbocycles. The van der Waals surface area contributed by atoms with E-state index in [0.29, 0.717) is 10.7 Å². The van der Waals surface area contributed by atoms with Gasteiger partial charge in [-0.25, -0.2) is 14.8 Å². The molecule has 5 rings (SSSR count). The third-order valence-electron chi connectivity index (χ3n) is 5.26. The van der Waals surface area contributed by atoms with Crippen LogP contribution in [-0.2, 0) is 9.53 Å². The van der Waals surface area contributed by atoms with Gasteiger partial charge in [0, 0.05) is 15.1 Å². The van der Waals surface area contributed by atoms with Gasteiger partial charge in [0.2, 0.25) is 10.0 Å². The van der Waals surface area contributed by atoms with E-state index < -0.39 is 11.0 Å². The second kappa shape index (κ2) is 9.29. The number of hydrogen-bond donors (Lipinski definition) is 0. The number of hydrazone groups is 2. The van der Waals surface area contributed by atoms with Crippen LogP contribution in [0, 0.1) is 0 Å². The van der Waals surface area contributed by atoms with Gasteiger partial charge in [-0.05, 0) is 66.4 Å². The molecular weight excluding hydrogens is 536 g/mol. The second-order valence-corrected chi connectivity index (χ2v) is 9.97. The number of methoxy groups -OCH3 is 1. The molecule has 9 heteroatoms. The highest BCUT2D eigenvalue weighted by atomic mass is 79.9. The summed E-state index contributed by atoms with van der Waals surface area (Å²) in [5, 5.41) is 14.1. The molecule has 0 aliphatic carbocycles. The molecular formula is C25H18BrClN4O2S. The van der Waals surface area contributed by atoms with Crippen LogP contribution < -0.4 is 10.0 Å². The molecule has 2 aliphatic rings. The molecule has 170 valence electrons. The molecule has 1 atom stereocenters. The van der Waals surface area contributed by atoms with Crippen LogP contribution >= 0.6 is 39.3 Å². The monoisotopic (exact) mass is 552 g/mol. The molecule has 0 aromatic heterocycles. The summed E-state index contributed by atoms with van der Waals surface area (Å²) in [5.41, 5.74) is 3.29. The molecule has 0 fully saturated rings. The molecule has 34 heavy (non-hydrogen) atoms. The maximum atomic E-state index is 12.5.